The van der Waals surface area contributed by atoms with Crippen LogP contribution in [-0.4, -0.2) is 83.1 Å². The lowest BCUT2D eigenvalue weighted by molar-refractivity contribution is -0.168. The van der Waals surface area contributed by atoms with Crippen LogP contribution in [-0.2, 0) is 21.4 Å². The normalized spacial score (nSPS) is 33.1. The van der Waals surface area contributed by atoms with Gasteiger partial charge < -0.3 is 25.3 Å². The highest BCUT2D eigenvalue weighted by atomic mass is 16.3. The number of fused-ring (bicyclic) bond motifs is 1. The molecule has 2 aliphatic heterocycles. The minimum atomic E-state index is -0.852. The summed E-state index contributed by atoms with van der Waals surface area (Å²) in [5, 5.41) is 24.6. The quantitative estimate of drug-likeness (QED) is 0.581. The second-order valence-corrected chi connectivity index (χ2v) is 9.27. The van der Waals surface area contributed by atoms with E-state index in [1.54, 1.807) is 19.1 Å². The number of phenolic OH excluding ortho intramolecular Hbond substituents is 1. The van der Waals surface area contributed by atoms with Gasteiger partial charge in [-0.3, -0.25) is 9.59 Å². The standard InChI is InChI=1S/C17H21NO3.C6H12N2O/c1-18-7-6-16-10-13(20)4-5-17(16,21)15(18)8-11-2-3-12(19)9-14(11)16;1-6(9)8-4-2-7-3-5-8/h2-3,9,15,19,21H,4-8,10H2,1H3;7H,2-5H2,1H3. The smallest absolute Gasteiger partial charge is 0.219 e. The number of rotatable bonds is 0. The minimum absolute atomic E-state index is 0.0661. The molecule has 2 bridgehead atoms. The van der Waals surface area contributed by atoms with Gasteiger partial charge in [-0.2, -0.15) is 0 Å². The molecule has 1 aromatic rings. The topological polar surface area (TPSA) is 93.1 Å². The van der Waals surface area contributed by atoms with E-state index in [1.165, 1.54) is 5.56 Å². The van der Waals surface area contributed by atoms with Gasteiger partial charge in [0.15, 0.2) is 0 Å². The number of ketones is 1. The van der Waals surface area contributed by atoms with Gasteiger partial charge in [0.1, 0.15) is 11.5 Å². The fourth-order valence-corrected chi connectivity index (χ4v) is 5.99. The third-order valence-electron chi connectivity index (χ3n) is 7.67. The molecule has 0 aromatic heterocycles. The number of Topliss-reactive ketones (excluding diaryl/α,β-unsaturated/α-hetero) is 1. The third kappa shape index (κ3) is 3.43. The van der Waals surface area contributed by atoms with Gasteiger partial charge >= 0.3 is 0 Å². The predicted octanol–water partition coefficient (Wildman–Crippen LogP) is 0.812. The van der Waals surface area contributed by atoms with E-state index in [-0.39, 0.29) is 23.5 Å². The van der Waals surface area contributed by atoms with Crippen molar-refractivity contribution in [1.29, 1.82) is 0 Å². The molecule has 3 unspecified atom stereocenters. The molecule has 0 radical (unpaired) electrons. The van der Waals surface area contributed by atoms with E-state index in [2.05, 4.69) is 17.3 Å². The Bertz CT molecular complexity index is 838. The van der Waals surface area contributed by atoms with Crippen molar-refractivity contribution in [3.05, 3.63) is 29.3 Å². The van der Waals surface area contributed by atoms with E-state index >= 15 is 0 Å². The molecule has 164 valence electrons. The molecule has 2 heterocycles. The van der Waals surface area contributed by atoms with Crippen LogP contribution in [0.1, 0.15) is 43.7 Å². The maximum absolute atomic E-state index is 12.1. The Morgan fingerprint density at radius 1 is 1.20 bits per heavy atom. The van der Waals surface area contributed by atoms with Crippen molar-refractivity contribution >= 4 is 11.7 Å². The lowest BCUT2D eigenvalue weighted by Gasteiger charge is -2.62. The zero-order chi connectivity index (χ0) is 21.5. The number of amides is 1. The number of hydrogen-bond donors (Lipinski definition) is 3. The number of likely N-dealkylation sites (tertiary alicyclic amines) is 1. The van der Waals surface area contributed by atoms with E-state index < -0.39 is 11.0 Å². The van der Waals surface area contributed by atoms with Crippen molar-refractivity contribution in [1.82, 2.24) is 15.1 Å². The SMILES string of the molecule is CC(=O)N1CCNCC1.CN1CCC23CC(=O)CCC2(O)C1Cc1ccc(O)cc13. The number of carbonyl (C=O) groups is 2. The van der Waals surface area contributed by atoms with Crippen LogP contribution < -0.4 is 5.32 Å². The van der Waals surface area contributed by atoms with Crippen LogP contribution in [0.3, 0.4) is 0 Å². The van der Waals surface area contributed by atoms with Gasteiger partial charge in [0, 0.05) is 57.4 Å². The summed E-state index contributed by atoms with van der Waals surface area (Å²) in [6.07, 6.45) is 2.98. The number of nitrogens with one attached hydrogen (secondary N) is 1. The second-order valence-electron chi connectivity index (χ2n) is 9.27. The molecule has 1 aromatic carbocycles. The van der Waals surface area contributed by atoms with E-state index in [1.807, 2.05) is 11.0 Å². The molecule has 7 heteroatoms. The van der Waals surface area contributed by atoms with Gasteiger partial charge in [0.25, 0.3) is 0 Å². The summed E-state index contributed by atoms with van der Waals surface area (Å²) in [5.41, 5.74) is 0.812. The molecule has 3 N–H and O–H groups in total. The van der Waals surface area contributed by atoms with Crippen molar-refractivity contribution in [3.8, 4) is 5.75 Å². The van der Waals surface area contributed by atoms with Crippen LogP contribution in [0.5, 0.6) is 5.75 Å². The number of carbonyl (C=O) groups excluding carboxylic acids is 2. The van der Waals surface area contributed by atoms with Crippen LogP contribution in [0.4, 0.5) is 0 Å². The highest BCUT2D eigenvalue weighted by Gasteiger charge is 2.64. The van der Waals surface area contributed by atoms with E-state index in [4.69, 9.17) is 0 Å². The number of aromatic hydroxyl groups is 1. The predicted molar refractivity (Wildman–Crippen MR) is 113 cm³/mol. The van der Waals surface area contributed by atoms with Gasteiger partial charge in [-0.15, -0.1) is 0 Å². The lowest BCUT2D eigenvalue weighted by atomic mass is 9.49. The molecule has 1 amide bonds. The first-order valence-electron chi connectivity index (χ1n) is 11.0. The molecule has 3 atom stereocenters. The van der Waals surface area contributed by atoms with Crippen molar-refractivity contribution in [2.24, 2.45) is 0 Å². The molecule has 30 heavy (non-hydrogen) atoms. The lowest BCUT2D eigenvalue weighted by Crippen LogP contribution is -2.72. The molecule has 7 nitrogen and oxygen atoms in total. The van der Waals surface area contributed by atoms with Crippen LogP contribution in [0, 0.1) is 0 Å². The van der Waals surface area contributed by atoms with Gasteiger partial charge in [0.05, 0.1) is 5.60 Å². The number of piperazine rings is 1. The molecule has 5 rings (SSSR count). The number of benzene rings is 1. The number of piperidine rings is 1. The van der Waals surface area contributed by atoms with Gasteiger partial charge in [0.2, 0.25) is 5.91 Å². The van der Waals surface area contributed by atoms with Gasteiger partial charge in [-0.25, -0.2) is 0 Å². The van der Waals surface area contributed by atoms with Crippen molar-refractivity contribution in [3.63, 3.8) is 0 Å². The summed E-state index contributed by atoms with van der Waals surface area (Å²) in [7, 11) is 2.06. The van der Waals surface area contributed by atoms with Crippen LogP contribution in [0.2, 0.25) is 0 Å². The average molecular weight is 416 g/mol. The first kappa shape index (κ1) is 21.3. The Morgan fingerprint density at radius 3 is 2.60 bits per heavy atom. The molecule has 0 spiro atoms. The molecular formula is C23H33N3O4. The number of nitrogens with zero attached hydrogens (tertiary/aromatic N) is 2. The fourth-order valence-electron chi connectivity index (χ4n) is 5.99. The molecular weight excluding hydrogens is 382 g/mol. The molecule has 2 aliphatic carbocycles. The molecule has 1 saturated carbocycles. The maximum Gasteiger partial charge on any atom is 0.219 e. The summed E-state index contributed by atoms with van der Waals surface area (Å²) in [6, 6.07) is 5.51. The number of phenols is 1. The summed E-state index contributed by atoms with van der Waals surface area (Å²) in [4.78, 5) is 26.9. The molecule has 2 saturated heterocycles. The second kappa shape index (κ2) is 7.94. The number of aliphatic hydroxyl groups is 1. The Labute approximate surface area is 178 Å². The minimum Gasteiger partial charge on any atom is -0.508 e. The van der Waals surface area contributed by atoms with Crippen LogP contribution in [0.15, 0.2) is 18.2 Å². The van der Waals surface area contributed by atoms with E-state index in [9.17, 15) is 19.8 Å². The number of hydrogen-bond acceptors (Lipinski definition) is 6. The Balaban J connectivity index is 0.000000204. The van der Waals surface area contributed by atoms with Crippen LogP contribution >= 0.6 is 0 Å². The fraction of sp³-hybridized carbons (Fsp3) is 0.652. The highest BCUT2D eigenvalue weighted by molar-refractivity contribution is 5.82. The molecule has 4 aliphatic rings. The van der Waals surface area contributed by atoms with Crippen molar-refractivity contribution < 1.29 is 19.8 Å². The van der Waals surface area contributed by atoms with Crippen LogP contribution in [0.25, 0.3) is 0 Å². The van der Waals surface area contributed by atoms with E-state index in [0.717, 1.165) is 51.1 Å². The first-order chi connectivity index (χ1) is 14.3. The zero-order valence-electron chi connectivity index (χ0n) is 18.0. The van der Waals surface area contributed by atoms with E-state index in [0.29, 0.717) is 19.3 Å². The Hall–Kier alpha value is -1.96. The maximum atomic E-state index is 12.1. The molecule has 3 fully saturated rings. The van der Waals surface area contributed by atoms with Crippen molar-refractivity contribution in [2.45, 2.75) is 56.1 Å². The summed E-state index contributed by atoms with van der Waals surface area (Å²) < 4.78 is 0. The Morgan fingerprint density at radius 2 is 1.93 bits per heavy atom. The van der Waals surface area contributed by atoms with Gasteiger partial charge in [-0.1, -0.05) is 6.07 Å². The zero-order valence-corrected chi connectivity index (χ0v) is 18.0. The Kier molecular flexibility index (Phi) is 5.64. The summed E-state index contributed by atoms with van der Waals surface area (Å²) >= 11 is 0. The average Bonchev–Trinajstić information content (AvgIpc) is 2.73. The summed E-state index contributed by atoms with van der Waals surface area (Å²) in [6.45, 7) is 6.13. The number of likely N-dealkylation sites (N-methyl/N-ethyl adjacent to an activating group) is 1. The summed E-state index contributed by atoms with van der Waals surface area (Å²) in [5.74, 6) is 0.650. The third-order valence-corrected chi connectivity index (χ3v) is 7.67. The van der Waals surface area contributed by atoms with Gasteiger partial charge in [-0.05, 0) is 56.1 Å². The first-order valence-corrected chi connectivity index (χ1v) is 11.0. The largest absolute Gasteiger partial charge is 0.508 e. The monoisotopic (exact) mass is 415 g/mol. The van der Waals surface area contributed by atoms with Crippen molar-refractivity contribution in [2.75, 3.05) is 39.8 Å². The highest BCUT2D eigenvalue weighted by Crippen LogP contribution is 2.57.